The van der Waals surface area contributed by atoms with Crippen LogP contribution in [0.3, 0.4) is 0 Å². The molecule has 2 N–H and O–H groups in total. The van der Waals surface area contributed by atoms with Crippen LogP contribution in [-0.4, -0.2) is 35.7 Å². The van der Waals surface area contributed by atoms with Gasteiger partial charge in [-0.25, -0.2) is 4.79 Å². The minimum absolute atomic E-state index is 0.0408. The number of aliphatic hydroxyl groups is 1. The third kappa shape index (κ3) is 3.91. The molecule has 0 aromatic heterocycles. The van der Waals surface area contributed by atoms with Crippen LogP contribution in [0.4, 0.5) is 10.5 Å². The molecule has 0 heterocycles. The van der Waals surface area contributed by atoms with Crippen molar-refractivity contribution in [2.45, 2.75) is 13.8 Å². The van der Waals surface area contributed by atoms with Gasteiger partial charge in [0, 0.05) is 23.8 Å². The maximum absolute atomic E-state index is 11.8. The average Bonchev–Trinajstić information content (AvgIpc) is 2.29. The van der Waals surface area contributed by atoms with Gasteiger partial charge in [-0.15, -0.1) is 0 Å². The van der Waals surface area contributed by atoms with Gasteiger partial charge in [0.05, 0.1) is 6.61 Å². The maximum Gasteiger partial charge on any atom is 0.321 e. The zero-order valence-corrected chi connectivity index (χ0v) is 10.8. The first-order chi connectivity index (χ1) is 8.08. The van der Waals surface area contributed by atoms with Gasteiger partial charge >= 0.3 is 6.03 Å². The lowest BCUT2D eigenvalue weighted by Crippen LogP contribution is -2.36. The predicted molar refractivity (Wildman–Crippen MR) is 69.5 cm³/mol. The molecule has 0 aliphatic heterocycles. The molecule has 0 radical (unpaired) electrons. The van der Waals surface area contributed by atoms with Crippen LogP contribution in [0.25, 0.3) is 0 Å². The monoisotopic (exact) mass is 256 g/mol. The summed E-state index contributed by atoms with van der Waals surface area (Å²) in [5, 5.41) is 12.3. The van der Waals surface area contributed by atoms with E-state index < -0.39 is 0 Å². The van der Waals surface area contributed by atoms with Gasteiger partial charge in [0.25, 0.3) is 0 Å². The Kier molecular flexibility index (Phi) is 5.25. The summed E-state index contributed by atoms with van der Waals surface area (Å²) in [6.45, 7) is 4.59. The van der Waals surface area contributed by atoms with E-state index in [-0.39, 0.29) is 12.6 Å². The average molecular weight is 257 g/mol. The number of benzene rings is 1. The lowest BCUT2D eigenvalue weighted by atomic mass is 10.2. The Bertz CT molecular complexity index is 396. The Morgan fingerprint density at radius 1 is 1.53 bits per heavy atom. The van der Waals surface area contributed by atoms with Crippen molar-refractivity contribution >= 4 is 23.3 Å². The number of halogens is 1. The number of rotatable bonds is 4. The number of likely N-dealkylation sites (N-methyl/N-ethyl adjacent to an activating group) is 1. The largest absolute Gasteiger partial charge is 0.395 e. The fraction of sp³-hybridized carbons (Fsp3) is 0.417. The van der Waals surface area contributed by atoms with Crippen LogP contribution < -0.4 is 5.32 Å². The molecule has 5 heteroatoms. The zero-order valence-electron chi connectivity index (χ0n) is 10.0. The van der Waals surface area contributed by atoms with Crippen molar-refractivity contribution in [3.63, 3.8) is 0 Å². The summed E-state index contributed by atoms with van der Waals surface area (Å²) in [4.78, 5) is 13.4. The second-order valence-corrected chi connectivity index (χ2v) is 4.13. The van der Waals surface area contributed by atoms with Crippen LogP contribution in [0.15, 0.2) is 18.2 Å². The third-order valence-corrected chi connectivity index (χ3v) is 2.70. The molecule has 94 valence electrons. The number of urea groups is 1. The fourth-order valence-electron chi connectivity index (χ4n) is 1.49. The summed E-state index contributed by atoms with van der Waals surface area (Å²) in [6, 6.07) is 5.07. The fourth-order valence-corrected chi connectivity index (χ4v) is 1.71. The lowest BCUT2D eigenvalue weighted by molar-refractivity contribution is 0.192. The van der Waals surface area contributed by atoms with Gasteiger partial charge in [0.15, 0.2) is 0 Å². The standard InChI is InChI=1S/C12H17ClN2O2/c1-3-15(6-7-16)12(17)14-11-5-4-10(13)8-9(11)2/h4-5,8,16H,3,6-7H2,1-2H3,(H,14,17). The molecule has 17 heavy (non-hydrogen) atoms. The van der Waals surface area contributed by atoms with Crippen molar-refractivity contribution < 1.29 is 9.90 Å². The highest BCUT2D eigenvalue weighted by Gasteiger charge is 2.11. The molecular formula is C12H17ClN2O2. The number of carbonyl (C=O) groups excluding carboxylic acids is 1. The van der Waals surface area contributed by atoms with Gasteiger partial charge in [-0.2, -0.15) is 0 Å². The van der Waals surface area contributed by atoms with E-state index in [4.69, 9.17) is 16.7 Å². The minimum atomic E-state index is -0.216. The first kappa shape index (κ1) is 13.8. The summed E-state index contributed by atoms with van der Waals surface area (Å²) in [5.41, 5.74) is 1.64. The van der Waals surface area contributed by atoms with Crippen LogP contribution in [0.1, 0.15) is 12.5 Å². The number of carbonyl (C=O) groups is 1. The first-order valence-corrected chi connectivity index (χ1v) is 5.89. The zero-order chi connectivity index (χ0) is 12.8. The van der Waals surface area contributed by atoms with E-state index in [0.717, 1.165) is 11.3 Å². The van der Waals surface area contributed by atoms with Crippen molar-refractivity contribution in [2.24, 2.45) is 0 Å². The van der Waals surface area contributed by atoms with Crippen molar-refractivity contribution in [3.8, 4) is 0 Å². The van der Waals surface area contributed by atoms with Crippen LogP contribution >= 0.6 is 11.6 Å². The molecule has 0 bridgehead atoms. The Morgan fingerprint density at radius 3 is 2.76 bits per heavy atom. The maximum atomic E-state index is 11.8. The van der Waals surface area contributed by atoms with E-state index in [9.17, 15) is 4.79 Å². The van der Waals surface area contributed by atoms with Gasteiger partial charge in [-0.05, 0) is 37.6 Å². The quantitative estimate of drug-likeness (QED) is 0.870. The van der Waals surface area contributed by atoms with Gasteiger partial charge in [-0.1, -0.05) is 11.6 Å². The molecule has 1 aromatic carbocycles. The lowest BCUT2D eigenvalue weighted by Gasteiger charge is -2.20. The summed E-state index contributed by atoms with van der Waals surface area (Å²) >= 11 is 5.84. The number of hydrogen-bond acceptors (Lipinski definition) is 2. The van der Waals surface area contributed by atoms with E-state index >= 15 is 0 Å². The minimum Gasteiger partial charge on any atom is -0.395 e. The predicted octanol–water partition coefficient (Wildman–Crippen LogP) is 2.49. The molecule has 0 fully saturated rings. The highest BCUT2D eigenvalue weighted by atomic mass is 35.5. The van der Waals surface area contributed by atoms with Crippen LogP contribution in [-0.2, 0) is 0 Å². The molecule has 4 nitrogen and oxygen atoms in total. The number of anilines is 1. The number of nitrogens with zero attached hydrogens (tertiary/aromatic N) is 1. The molecule has 2 amide bonds. The molecule has 0 unspecified atom stereocenters. The smallest absolute Gasteiger partial charge is 0.321 e. The molecule has 0 saturated carbocycles. The van der Waals surface area contributed by atoms with E-state index in [0.29, 0.717) is 18.1 Å². The van der Waals surface area contributed by atoms with Crippen LogP contribution in [0, 0.1) is 6.92 Å². The van der Waals surface area contributed by atoms with Gasteiger partial charge in [0.2, 0.25) is 0 Å². The molecule has 0 saturated heterocycles. The van der Waals surface area contributed by atoms with Crippen molar-refractivity contribution in [3.05, 3.63) is 28.8 Å². The van der Waals surface area contributed by atoms with E-state index in [1.54, 1.807) is 18.2 Å². The highest BCUT2D eigenvalue weighted by Crippen LogP contribution is 2.19. The van der Waals surface area contributed by atoms with Crippen molar-refractivity contribution in [1.82, 2.24) is 4.90 Å². The summed E-state index contributed by atoms with van der Waals surface area (Å²) in [7, 11) is 0. The van der Waals surface area contributed by atoms with Gasteiger partial charge < -0.3 is 15.3 Å². The van der Waals surface area contributed by atoms with Crippen LogP contribution in [0.5, 0.6) is 0 Å². The molecule has 1 rings (SSSR count). The molecule has 0 aliphatic rings. The van der Waals surface area contributed by atoms with E-state index in [1.165, 1.54) is 4.90 Å². The van der Waals surface area contributed by atoms with E-state index in [1.807, 2.05) is 13.8 Å². The number of hydrogen-bond donors (Lipinski definition) is 2. The molecule has 0 atom stereocenters. The Balaban J connectivity index is 2.73. The summed E-state index contributed by atoms with van der Waals surface area (Å²) in [6.07, 6.45) is 0. The molecule has 1 aromatic rings. The van der Waals surface area contributed by atoms with E-state index in [2.05, 4.69) is 5.32 Å². The number of amides is 2. The number of nitrogens with one attached hydrogen (secondary N) is 1. The van der Waals surface area contributed by atoms with Crippen LogP contribution in [0.2, 0.25) is 5.02 Å². The highest BCUT2D eigenvalue weighted by molar-refractivity contribution is 6.30. The molecule has 0 aliphatic carbocycles. The third-order valence-electron chi connectivity index (χ3n) is 2.47. The Labute approximate surface area is 106 Å². The second-order valence-electron chi connectivity index (χ2n) is 3.69. The Morgan fingerprint density at radius 2 is 2.24 bits per heavy atom. The normalized spacial score (nSPS) is 10.1. The number of aliphatic hydroxyl groups excluding tert-OH is 1. The van der Waals surface area contributed by atoms with Crippen molar-refractivity contribution in [2.75, 3.05) is 25.0 Å². The van der Waals surface area contributed by atoms with Gasteiger partial charge in [-0.3, -0.25) is 0 Å². The topological polar surface area (TPSA) is 52.6 Å². The van der Waals surface area contributed by atoms with Crippen molar-refractivity contribution in [1.29, 1.82) is 0 Å². The van der Waals surface area contributed by atoms with Gasteiger partial charge in [0.1, 0.15) is 0 Å². The number of aryl methyl sites for hydroxylation is 1. The first-order valence-electron chi connectivity index (χ1n) is 5.51. The SMILES string of the molecule is CCN(CCO)C(=O)Nc1ccc(Cl)cc1C. The molecular weight excluding hydrogens is 240 g/mol. The second kappa shape index (κ2) is 6.47. The Hall–Kier alpha value is -1.26. The summed E-state index contributed by atoms with van der Waals surface area (Å²) in [5.74, 6) is 0. The molecule has 0 spiro atoms. The summed E-state index contributed by atoms with van der Waals surface area (Å²) < 4.78 is 0.